The fraction of sp³-hybridized carbons (Fsp3) is 0.120. The Hall–Kier alpha value is -3.84. The summed E-state index contributed by atoms with van der Waals surface area (Å²) < 4.78 is 29.5. The molecule has 166 valence electrons. The van der Waals surface area contributed by atoms with Gasteiger partial charge >= 0.3 is 0 Å². The highest BCUT2D eigenvalue weighted by Gasteiger charge is 2.22. The molecule has 1 amide bonds. The van der Waals surface area contributed by atoms with Crippen LogP contribution in [-0.2, 0) is 13.1 Å². The minimum atomic E-state index is -0.335. The standard InChI is InChI=1S/C25H18ClFN2O4/c26-21-4-2-1-3-20(21)25(30)29(13-16-5-10-22-24(11-16)32-15-31-22)14-19-12-23(33-28-19)17-6-8-18(27)9-7-17/h1-12H,13-15H2. The molecule has 0 unspecified atom stereocenters. The zero-order valence-corrected chi connectivity index (χ0v) is 18.1. The number of fused-ring (bicyclic) bond motifs is 1. The Balaban J connectivity index is 1.43. The van der Waals surface area contributed by atoms with Crippen molar-refractivity contribution in [3.05, 3.63) is 100 Å². The van der Waals surface area contributed by atoms with Gasteiger partial charge in [-0.3, -0.25) is 4.79 Å². The fourth-order valence-electron chi connectivity index (χ4n) is 3.60. The first kappa shape index (κ1) is 21.0. The van der Waals surface area contributed by atoms with Crippen LogP contribution in [-0.4, -0.2) is 22.8 Å². The number of nitrogens with zero attached hydrogens (tertiary/aromatic N) is 2. The third kappa shape index (κ3) is 4.54. The van der Waals surface area contributed by atoms with Gasteiger partial charge < -0.3 is 18.9 Å². The van der Waals surface area contributed by atoms with E-state index in [0.29, 0.717) is 45.6 Å². The van der Waals surface area contributed by atoms with Gasteiger partial charge in [-0.2, -0.15) is 0 Å². The number of hydrogen-bond donors (Lipinski definition) is 0. The SMILES string of the molecule is O=C(c1ccccc1Cl)N(Cc1ccc2c(c1)OCO2)Cc1cc(-c2ccc(F)cc2)on1. The van der Waals surface area contributed by atoms with Crippen molar-refractivity contribution in [2.45, 2.75) is 13.1 Å². The molecule has 1 aliphatic rings. The predicted molar refractivity (Wildman–Crippen MR) is 119 cm³/mol. The zero-order valence-electron chi connectivity index (χ0n) is 17.3. The van der Waals surface area contributed by atoms with Gasteiger partial charge in [0, 0.05) is 18.2 Å². The van der Waals surface area contributed by atoms with Crippen molar-refractivity contribution in [1.82, 2.24) is 10.1 Å². The number of halogens is 2. The smallest absolute Gasteiger partial charge is 0.256 e. The quantitative estimate of drug-likeness (QED) is 0.366. The molecule has 0 radical (unpaired) electrons. The van der Waals surface area contributed by atoms with E-state index in [1.54, 1.807) is 47.4 Å². The second-order valence-electron chi connectivity index (χ2n) is 7.52. The van der Waals surface area contributed by atoms with Crippen LogP contribution < -0.4 is 9.47 Å². The maximum Gasteiger partial charge on any atom is 0.256 e. The number of carbonyl (C=O) groups excluding carboxylic acids is 1. The molecule has 0 saturated heterocycles. The maximum atomic E-state index is 13.4. The number of amides is 1. The van der Waals surface area contributed by atoms with Crippen molar-refractivity contribution in [3.63, 3.8) is 0 Å². The van der Waals surface area contributed by atoms with Crippen LogP contribution in [0, 0.1) is 5.82 Å². The highest BCUT2D eigenvalue weighted by atomic mass is 35.5. The van der Waals surface area contributed by atoms with Crippen LogP contribution in [0.3, 0.4) is 0 Å². The molecule has 5 rings (SSSR count). The lowest BCUT2D eigenvalue weighted by molar-refractivity contribution is 0.0726. The monoisotopic (exact) mass is 464 g/mol. The molecular formula is C25H18ClFN2O4. The van der Waals surface area contributed by atoms with E-state index in [4.69, 9.17) is 25.6 Å². The average molecular weight is 465 g/mol. The van der Waals surface area contributed by atoms with Crippen LogP contribution in [0.15, 0.2) is 77.3 Å². The molecule has 33 heavy (non-hydrogen) atoms. The van der Waals surface area contributed by atoms with Gasteiger partial charge in [0.15, 0.2) is 17.3 Å². The van der Waals surface area contributed by atoms with Crippen molar-refractivity contribution in [3.8, 4) is 22.8 Å². The van der Waals surface area contributed by atoms with E-state index < -0.39 is 0 Å². The predicted octanol–water partition coefficient (Wildman–Crippen LogP) is 5.71. The number of rotatable bonds is 6. The zero-order chi connectivity index (χ0) is 22.8. The largest absolute Gasteiger partial charge is 0.454 e. The van der Waals surface area contributed by atoms with E-state index in [0.717, 1.165) is 5.56 Å². The third-order valence-electron chi connectivity index (χ3n) is 5.24. The molecule has 6 nitrogen and oxygen atoms in total. The van der Waals surface area contributed by atoms with Crippen molar-refractivity contribution in [2.24, 2.45) is 0 Å². The van der Waals surface area contributed by atoms with Crippen LogP contribution >= 0.6 is 11.6 Å². The molecule has 3 aromatic carbocycles. The number of ether oxygens (including phenoxy) is 2. The molecule has 2 heterocycles. The summed E-state index contributed by atoms with van der Waals surface area (Å²) in [6, 6.07) is 20.1. The Morgan fingerprint density at radius 1 is 0.970 bits per heavy atom. The van der Waals surface area contributed by atoms with Gasteiger partial charge in [0.2, 0.25) is 6.79 Å². The Morgan fingerprint density at radius 2 is 1.76 bits per heavy atom. The summed E-state index contributed by atoms with van der Waals surface area (Å²) in [6.07, 6.45) is 0. The highest BCUT2D eigenvalue weighted by Crippen LogP contribution is 2.33. The Morgan fingerprint density at radius 3 is 2.58 bits per heavy atom. The van der Waals surface area contributed by atoms with E-state index in [-0.39, 0.29) is 25.1 Å². The molecule has 8 heteroatoms. The first-order chi connectivity index (χ1) is 16.1. The van der Waals surface area contributed by atoms with E-state index in [1.165, 1.54) is 12.1 Å². The first-order valence-corrected chi connectivity index (χ1v) is 10.6. The van der Waals surface area contributed by atoms with Crippen LogP contribution in [0.1, 0.15) is 21.6 Å². The van der Waals surface area contributed by atoms with E-state index in [1.807, 2.05) is 18.2 Å². The average Bonchev–Trinajstić information content (AvgIpc) is 3.48. The summed E-state index contributed by atoms with van der Waals surface area (Å²) >= 11 is 6.29. The van der Waals surface area contributed by atoms with Crippen LogP contribution in [0.25, 0.3) is 11.3 Å². The number of carbonyl (C=O) groups is 1. The van der Waals surface area contributed by atoms with Crippen LogP contribution in [0.5, 0.6) is 11.5 Å². The molecule has 0 aliphatic carbocycles. The third-order valence-corrected chi connectivity index (χ3v) is 5.57. The van der Waals surface area contributed by atoms with Crippen LogP contribution in [0.2, 0.25) is 5.02 Å². The molecule has 4 aromatic rings. The summed E-state index contributed by atoms with van der Waals surface area (Å²) in [5.41, 5.74) is 2.49. The number of benzene rings is 3. The van der Waals surface area contributed by atoms with Gasteiger partial charge in [-0.25, -0.2) is 4.39 Å². The number of hydrogen-bond acceptors (Lipinski definition) is 5. The minimum absolute atomic E-state index is 0.173. The molecule has 0 atom stereocenters. The van der Waals surface area contributed by atoms with Gasteiger partial charge in [0.05, 0.1) is 17.1 Å². The summed E-state index contributed by atoms with van der Waals surface area (Å²) in [7, 11) is 0. The van der Waals surface area contributed by atoms with Gasteiger partial charge in [-0.1, -0.05) is 35.0 Å². The van der Waals surface area contributed by atoms with Gasteiger partial charge in [0.1, 0.15) is 11.5 Å². The molecule has 0 N–H and O–H groups in total. The minimum Gasteiger partial charge on any atom is -0.454 e. The molecule has 0 fully saturated rings. The topological polar surface area (TPSA) is 64.8 Å². The second-order valence-corrected chi connectivity index (χ2v) is 7.93. The molecule has 0 saturated carbocycles. The fourth-order valence-corrected chi connectivity index (χ4v) is 3.81. The molecule has 0 spiro atoms. The van der Waals surface area contributed by atoms with Gasteiger partial charge in [-0.15, -0.1) is 0 Å². The Kier molecular flexibility index (Phi) is 5.71. The summed E-state index contributed by atoms with van der Waals surface area (Å²) in [6.45, 7) is 0.648. The second kappa shape index (κ2) is 8.96. The first-order valence-electron chi connectivity index (χ1n) is 10.2. The molecule has 0 bridgehead atoms. The van der Waals surface area contributed by atoms with Gasteiger partial charge in [0.25, 0.3) is 5.91 Å². The van der Waals surface area contributed by atoms with E-state index >= 15 is 0 Å². The lowest BCUT2D eigenvalue weighted by Gasteiger charge is -2.22. The summed E-state index contributed by atoms with van der Waals surface area (Å²) in [5.74, 6) is 1.21. The van der Waals surface area contributed by atoms with E-state index in [9.17, 15) is 9.18 Å². The van der Waals surface area contributed by atoms with Crippen molar-refractivity contribution < 1.29 is 23.2 Å². The van der Waals surface area contributed by atoms with Gasteiger partial charge in [-0.05, 0) is 54.1 Å². The highest BCUT2D eigenvalue weighted by molar-refractivity contribution is 6.33. The lowest BCUT2D eigenvalue weighted by Crippen LogP contribution is -2.30. The Bertz CT molecular complexity index is 1310. The normalized spacial score (nSPS) is 12.1. The van der Waals surface area contributed by atoms with Crippen molar-refractivity contribution in [2.75, 3.05) is 6.79 Å². The Labute approximate surface area is 194 Å². The van der Waals surface area contributed by atoms with E-state index in [2.05, 4.69) is 5.16 Å². The molecule has 1 aliphatic heterocycles. The maximum absolute atomic E-state index is 13.4. The number of aromatic nitrogens is 1. The summed E-state index contributed by atoms with van der Waals surface area (Å²) in [5, 5.41) is 4.48. The van der Waals surface area contributed by atoms with Crippen molar-refractivity contribution >= 4 is 17.5 Å². The summed E-state index contributed by atoms with van der Waals surface area (Å²) in [4.78, 5) is 15.0. The molecule has 1 aromatic heterocycles. The van der Waals surface area contributed by atoms with Crippen LogP contribution in [0.4, 0.5) is 4.39 Å². The van der Waals surface area contributed by atoms with Crippen molar-refractivity contribution in [1.29, 1.82) is 0 Å². The molecular weight excluding hydrogens is 447 g/mol. The lowest BCUT2D eigenvalue weighted by atomic mass is 10.1.